The molecule has 0 aliphatic heterocycles. The number of hydrogen-bond donors (Lipinski definition) is 0. The summed E-state index contributed by atoms with van der Waals surface area (Å²) in [5.41, 5.74) is 4.09. The fourth-order valence-electron chi connectivity index (χ4n) is 7.66. The quantitative estimate of drug-likeness (QED) is 0.0316. The monoisotopic (exact) mass is 955 g/mol. The number of esters is 1. The van der Waals surface area contributed by atoms with Crippen molar-refractivity contribution in [1.29, 1.82) is 0 Å². The minimum absolute atomic E-state index is 0.0775. The Hall–Kier alpha value is -4.59. The van der Waals surface area contributed by atoms with E-state index in [1.807, 2.05) is 19.9 Å². The van der Waals surface area contributed by atoms with Gasteiger partial charge < -0.3 is 33.2 Å². The zero-order chi connectivity index (χ0) is 49.6. The predicted octanol–water partition coefficient (Wildman–Crippen LogP) is 17.6. The van der Waals surface area contributed by atoms with Gasteiger partial charge in [-0.25, -0.2) is 0 Å². The number of hydrogen-bond acceptors (Lipinski definition) is 8. The van der Waals surface area contributed by atoms with Crippen LogP contribution in [-0.2, 0) is 9.53 Å². The highest BCUT2D eigenvalue weighted by Gasteiger charge is 2.19. The molecule has 0 saturated carbocycles. The number of carbonyl (C=O) groups excluding carboxylic acids is 1. The molecule has 0 saturated heterocycles. The molecule has 0 aliphatic rings. The van der Waals surface area contributed by atoms with Crippen molar-refractivity contribution in [3.8, 4) is 34.5 Å². The van der Waals surface area contributed by atoms with Gasteiger partial charge in [0.25, 0.3) is 0 Å². The second kappa shape index (κ2) is 38.2. The van der Waals surface area contributed by atoms with Gasteiger partial charge in [0.05, 0.1) is 52.2 Å². The van der Waals surface area contributed by atoms with Crippen LogP contribution in [0.3, 0.4) is 0 Å². The van der Waals surface area contributed by atoms with Crippen LogP contribution in [0.15, 0.2) is 48.5 Å². The molecule has 0 spiro atoms. The second-order valence-corrected chi connectivity index (χ2v) is 18.5. The summed E-state index contributed by atoms with van der Waals surface area (Å²) in [5.74, 6) is 4.12. The molecule has 1 unspecified atom stereocenters. The first kappa shape index (κ1) is 58.7. The highest BCUT2D eigenvalue weighted by atomic mass is 16.6. The molecular formula is C61H94O8. The molecule has 3 aromatic carbocycles. The van der Waals surface area contributed by atoms with Gasteiger partial charge >= 0.3 is 5.97 Å². The molecule has 8 heteroatoms. The van der Waals surface area contributed by atoms with E-state index < -0.39 is 0 Å². The van der Waals surface area contributed by atoms with Gasteiger partial charge in [-0.1, -0.05) is 193 Å². The third-order valence-electron chi connectivity index (χ3n) is 12.3. The minimum atomic E-state index is -0.133. The maximum atomic E-state index is 12.1. The van der Waals surface area contributed by atoms with E-state index in [2.05, 4.69) is 101 Å². The molecule has 0 radical (unpaired) electrons. The highest BCUT2D eigenvalue weighted by Crippen LogP contribution is 2.43. The zero-order valence-electron chi connectivity index (χ0n) is 44.5. The fraction of sp³-hybridized carbons (Fsp3) is 0.623. The Labute approximate surface area is 420 Å². The first-order valence-electron chi connectivity index (χ1n) is 27.6. The van der Waals surface area contributed by atoms with Crippen molar-refractivity contribution in [3.63, 3.8) is 0 Å². The summed E-state index contributed by atoms with van der Waals surface area (Å²) < 4.78 is 44.6. The minimum Gasteiger partial charge on any atom is -0.490 e. The van der Waals surface area contributed by atoms with E-state index in [0.717, 1.165) is 129 Å². The Kier molecular flexibility index (Phi) is 32.5. The van der Waals surface area contributed by atoms with Crippen molar-refractivity contribution in [3.05, 3.63) is 70.8 Å². The van der Waals surface area contributed by atoms with Gasteiger partial charge in [-0.05, 0) is 86.8 Å². The SMILES string of the molecule is CCCCCCOc1ccc(C=Cc2ccc(C=Cc3ccc(OCCCCOC(=O)C(C)CC)c(OCCCCCC)c3OCCCCCC)cc2)c(OCCCCCC)c1OCCCCCC. The van der Waals surface area contributed by atoms with Crippen molar-refractivity contribution >= 4 is 30.3 Å². The largest absolute Gasteiger partial charge is 0.490 e. The third-order valence-corrected chi connectivity index (χ3v) is 12.3. The van der Waals surface area contributed by atoms with Crippen molar-refractivity contribution in [2.45, 2.75) is 196 Å². The van der Waals surface area contributed by atoms with Crippen LogP contribution in [-0.4, -0.2) is 52.2 Å². The van der Waals surface area contributed by atoms with Crippen LogP contribution in [0.2, 0.25) is 0 Å². The van der Waals surface area contributed by atoms with E-state index in [-0.39, 0.29) is 11.9 Å². The summed E-state index contributed by atoms with van der Waals surface area (Å²) in [7, 11) is 0. The molecule has 3 rings (SSSR count). The molecule has 386 valence electrons. The lowest BCUT2D eigenvalue weighted by Gasteiger charge is -2.19. The van der Waals surface area contributed by atoms with Crippen LogP contribution >= 0.6 is 0 Å². The van der Waals surface area contributed by atoms with Crippen LogP contribution in [0.1, 0.15) is 218 Å². The Balaban J connectivity index is 1.89. The van der Waals surface area contributed by atoms with E-state index >= 15 is 0 Å². The van der Waals surface area contributed by atoms with E-state index in [4.69, 9.17) is 33.2 Å². The van der Waals surface area contributed by atoms with Gasteiger partial charge in [0.15, 0.2) is 23.0 Å². The van der Waals surface area contributed by atoms with Crippen LogP contribution in [0.25, 0.3) is 24.3 Å². The molecule has 1 atom stereocenters. The molecule has 0 amide bonds. The van der Waals surface area contributed by atoms with Gasteiger partial charge in [0.2, 0.25) is 11.5 Å². The van der Waals surface area contributed by atoms with Gasteiger partial charge in [-0.3, -0.25) is 4.79 Å². The van der Waals surface area contributed by atoms with Crippen molar-refractivity contribution in [2.24, 2.45) is 5.92 Å². The number of ether oxygens (including phenoxy) is 7. The Bertz CT molecular complexity index is 1830. The van der Waals surface area contributed by atoms with Crippen LogP contribution in [0, 0.1) is 5.92 Å². The van der Waals surface area contributed by atoms with Crippen molar-refractivity contribution in [2.75, 3.05) is 46.2 Å². The van der Waals surface area contributed by atoms with E-state index in [9.17, 15) is 4.79 Å². The van der Waals surface area contributed by atoms with E-state index in [0.29, 0.717) is 57.7 Å². The van der Waals surface area contributed by atoms with Gasteiger partial charge in [0, 0.05) is 11.1 Å². The average Bonchev–Trinajstić information content (AvgIpc) is 3.37. The summed E-state index contributed by atoms with van der Waals surface area (Å²) in [4.78, 5) is 12.1. The number of rotatable bonds is 42. The molecule has 8 nitrogen and oxygen atoms in total. The first-order chi connectivity index (χ1) is 33.9. The molecule has 0 aromatic heterocycles. The average molecular weight is 955 g/mol. The first-order valence-corrected chi connectivity index (χ1v) is 27.6. The molecule has 69 heavy (non-hydrogen) atoms. The second-order valence-electron chi connectivity index (χ2n) is 18.5. The van der Waals surface area contributed by atoms with Crippen LogP contribution < -0.4 is 28.4 Å². The van der Waals surface area contributed by atoms with Gasteiger partial charge in [0.1, 0.15) is 0 Å². The van der Waals surface area contributed by atoms with Crippen molar-refractivity contribution in [1.82, 2.24) is 0 Å². The summed E-state index contributed by atoms with van der Waals surface area (Å²) in [6.45, 7) is 19.1. The summed E-state index contributed by atoms with van der Waals surface area (Å²) in [5, 5.41) is 0. The number of carbonyl (C=O) groups is 1. The van der Waals surface area contributed by atoms with E-state index in [1.54, 1.807) is 0 Å². The number of unbranched alkanes of at least 4 members (excludes halogenated alkanes) is 16. The molecule has 0 fully saturated rings. The van der Waals surface area contributed by atoms with Crippen LogP contribution in [0.5, 0.6) is 34.5 Å². The lowest BCUT2D eigenvalue weighted by atomic mass is 10.1. The van der Waals surface area contributed by atoms with Gasteiger partial charge in [-0.2, -0.15) is 0 Å². The lowest BCUT2D eigenvalue weighted by Crippen LogP contribution is -2.15. The molecule has 0 aliphatic carbocycles. The maximum absolute atomic E-state index is 12.1. The Morgan fingerprint density at radius 2 is 0.696 bits per heavy atom. The Morgan fingerprint density at radius 3 is 1.04 bits per heavy atom. The number of benzene rings is 3. The van der Waals surface area contributed by atoms with Crippen LogP contribution in [0.4, 0.5) is 0 Å². The summed E-state index contributed by atoms with van der Waals surface area (Å²) in [6.07, 6.45) is 33.3. The normalized spacial score (nSPS) is 11.9. The molecule has 0 heterocycles. The molecule has 0 N–H and O–H groups in total. The standard InChI is InChI=1S/C61H94O8/c1-8-14-19-24-43-63-55-41-39-53(57(65-45-25-20-15-9-2)59(55)67-47-27-22-17-11-4)37-35-51-31-33-52(34-32-51)36-38-54-40-42-56(64-44-29-30-49-69-61(62)50(7)13-6)60(68-48-28-23-18-12-5)58(54)66-46-26-21-16-10-3/h31-42,50H,8-30,43-49H2,1-7H3. The summed E-state index contributed by atoms with van der Waals surface area (Å²) >= 11 is 0. The topological polar surface area (TPSA) is 81.7 Å². The third kappa shape index (κ3) is 24.2. The highest BCUT2D eigenvalue weighted by molar-refractivity contribution is 5.78. The Morgan fingerprint density at radius 1 is 0.377 bits per heavy atom. The molecule has 0 bridgehead atoms. The fourth-order valence-corrected chi connectivity index (χ4v) is 7.66. The molecular weight excluding hydrogens is 861 g/mol. The maximum Gasteiger partial charge on any atom is 0.308 e. The molecule has 3 aromatic rings. The summed E-state index contributed by atoms with van der Waals surface area (Å²) in [6, 6.07) is 16.8. The van der Waals surface area contributed by atoms with E-state index in [1.165, 1.54) is 64.2 Å². The smallest absolute Gasteiger partial charge is 0.308 e. The lowest BCUT2D eigenvalue weighted by molar-refractivity contribution is -0.148. The van der Waals surface area contributed by atoms with Gasteiger partial charge in [-0.15, -0.1) is 0 Å². The predicted molar refractivity (Wildman–Crippen MR) is 291 cm³/mol. The van der Waals surface area contributed by atoms with Crippen molar-refractivity contribution < 1.29 is 38.0 Å². The zero-order valence-corrected chi connectivity index (χ0v) is 44.5.